The van der Waals surface area contributed by atoms with E-state index in [-0.39, 0.29) is 17.6 Å². The van der Waals surface area contributed by atoms with Gasteiger partial charge in [-0.3, -0.25) is 14.6 Å². The highest BCUT2D eigenvalue weighted by atomic mass is 16.5. The fraction of sp³-hybridized carbons (Fsp3) is 0.375. The van der Waals surface area contributed by atoms with Crippen molar-refractivity contribution >= 4 is 11.6 Å². The zero-order valence-corrected chi connectivity index (χ0v) is 8.17. The molecule has 0 spiro atoms. The molecule has 1 heterocycles. The molecule has 1 aromatic heterocycles. The standard InChI is InChI=1S/C8H11N3O3/c1-4-6(10-5(2)12)7(13)11-8(9-4)14-3/h1-3H3,(H,10,12)(H,9,11,13). The third-order valence-corrected chi connectivity index (χ3v) is 1.57. The van der Waals surface area contributed by atoms with E-state index in [4.69, 9.17) is 4.74 Å². The van der Waals surface area contributed by atoms with Crippen LogP contribution in [0.3, 0.4) is 0 Å². The molecular formula is C8H11N3O3. The molecule has 0 saturated heterocycles. The lowest BCUT2D eigenvalue weighted by molar-refractivity contribution is -0.114. The van der Waals surface area contributed by atoms with E-state index in [1.54, 1.807) is 6.92 Å². The number of rotatable bonds is 2. The first-order valence-electron chi connectivity index (χ1n) is 3.97. The van der Waals surface area contributed by atoms with E-state index < -0.39 is 5.56 Å². The third-order valence-electron chi connectivity index (χ3n) is 1.57. The van der Waals surface area contributed by atoms with Gasteiger partial charge in [0.1, 0.15) is 5.69 Å². The Balaban J connectivity index is 3.18. The summed E-state index contributed by atoms with van der Waals surface area (Å²) in [6.45, 7) is 2.94. The molecule has 0 bridgehead atoms. The van der Waals surface area contributed by atoms with Crippen molar-refractivity contribution in [3.05, 3.63) is 16.0 Å². The summed E-state index contributed by atoms with van der Waals surface area (Å²) in [4.78, 5) is 28.4. The Hall–Kier alpha value is -1.85. The van der Waals surface area contributed by atoms with E-state index in [1.165, 1.54) is 14.0 Å². The lowest BCUT2D eigenvalue weighted by Gasteiger charge is -2.05. The summed E-state index contributed by atoms with van der Waals surface area (Å²) >= 11 is 0. The number of nitrogens with zero attached hydrogens (tertiary/aromatic N) is 1. The highest BCUT2D eigenvalue weighted by Crippen LogP contribution is 2.07. The van der Waals surface area contributed by atoms with E-state index >= 15 is 0 Å². The Morgan fingerprint density at radius 2 is 2.21 bits per heavy atom. The molecule has 76 valence electrons. The summed E-state index contributed by atoms with van der Waals surface area (Å²) in [7, 11) is 1.40. The number of hydrogen-bond acceptors (Lipinski definition) is 4. The fourth-order valence-electron chi connectivity index (χ4n) is 0.980. The number of carbonyl (C=O) groups excluding carboxylic acids is 1. The van der Waals surface area contributed by atoms with Crippen molar-refractivity contribution < 1.29 is 9.53 Å². The zero-order chi connectivity index (χ0) is 10.7. The van der Waals surface area contributed by atoms with Gasteiger partial charge in [-0.1, -0.05) is 0 Å². The van der Waals surface area contributed by atoms with Crippen LogP contribution in [0.2, 0.25) is 0 Å². The van der Waals surface area contributed by atoms with Gasteiger partial charge in [0.05, 0.1) is 12.8 Å². The maximum absolute atomic E-state index is 11.4. The number of carbonyl (C=O) groups is 1. The average Bonchev–Trinajstić information content (AvgIpc) is 2.10. The van der Waals surface area contributed by atoms with Crippen molar-refractivity contribution in [3.63, 3.8) is 0 Å². The molecule has 0 aliphatic rings. The second kappa shape index (κ2) is 3.91. The number of aromatic amines is 1. The lowest BCUT2D eigenvalue weighted by Crippen LogP contribution is -2.20. The molecule has 6 nitrogen and oxygen atoms in total. The average molecular weight is 197 g/mol. The van der Waals surface area contributed by atoms with Crippen molar-refractivity contribution in [3.8, 4) is 6.01 Å². The van der Waals surface area contributed by atoms with Gasteiger partial charge in [0, 0.05) is 6.92 Å². The molecule has 0 radical (unpaired) electrons. The number of methoxy groups -OCH3 is 1. The quantitative estimate of drug-likeness (QED) is 0.701. The Labute approximate surface area is 80.3 Å². The second-order valence-electron chi connectivity index (χ2n) is 2.72. The molecule has 1 amide bonds. The topological polar surface area (TPSA) is 84.1 Å². The van der Waals surface area contributed by atoms with Gasteiger partial charge in [0.25, 0.3) is 11.6 Å². The number of H-pyrrole nitrogens is 1. The molecule has 0 fully saturated rings. The Kier molecular flexibility index (Phi) is 2.85. The maximum Gasteiger partial charge on any atom is 0.296 e. The molecule has 0 saturated carbocycles. The number of aromatic nitrogens is 2. The number of amides is 1. The Morgan fingerprint density at radius 1 is 1.57 bits per heavy atom. The number of aryl methyl sites for hydroxylation is 1. The predicted molar refractivity (Wildman–Crippen MR) is 50.5 cm³/mol. The van der Waals surface area contributed by atoms with E-state index in [1.807, 2.05) is 0 Å². The molecule has 0 aliphatic heterocycles. The van der Waals surface area contributed by atoms with E-state index in [2.05, 4.69) is 15.3 Å². The number of hydrogen-bond donors (Lipinski definition) is 2. The third kappa shape index (κ3) is 2.09. The van der Waals surface area contributed by atoms with Crippen LogP contribution in [0.5, 0.6) is 6.01 Å². The van der Waals surface area contributed by atoms with Crippen LogP contribution in [0, 0.1) is 6.92 Å². The van der Waals surface area contributed by atoms with Crippen LogP contribution in [-0.4, -0.2) is 23.0 Å². The normalized spacial score (nSPS) is 9.64. The van der Waals surface area contributed by atoms with E-state index in [0.29, 0.717) is 5.69 Å². The van der Waals surface area contributed by atoms with Gasteiger partial charge in [-0.2, -0.15) is 4.98 Å². The molecule has 1 rings (SSSR count). The molecule has 0 unspecified atom stereocenters. The van der Waals surface area contributed by atoms with Crippen LogP contribution >= 0.6 is 0 Å². The van der Waals surface area contributed by atoms with Crippen LogP contribution in [0.1, 0.15) is 12.6 Å². The summed E-state index contributed by atoms with van der Waals surface area (Å²) in [5, 5.41) is 2.39. The van der Waals surface area contributed by atoms with Gasteiger partial charge in [-0.15, -0.1) is 0 Å². The van der Waals surface area contributed by atoms with E-state index in [0.717, 1.165) is 0 Å². The predicted octanol–water partition coefficient (Wildman–Crippen LogP) is 0.0453. The Bertz CT molecular complexity index is 411. The van der Waals surface area contributed by atoms with Gasteiger partial charge < -0.3 is 10.1 Å². The zero-order valence-electron chi connectivity index (χ0n) is 8.17. The van der Waals surface area contributed by atoms with Gasteiger partial charge in [0.15, 0.2) is 0 Å². The summed E-state index contributed by atoms with van der Waals surface area (Å²) in [5.41, 5.74) is 0.142. The number of nitrogens with one attached hydrogen (secondary N) is 2. The van der Waals surface area contributed by atoms with Crippen molar-refractivity contribution in [2.45, 2.75) is 13.8 Å². The van der Waals surface area contributed by atoms with Crippen molar-refractivity contribution in [2.75, 3.05) is 12.4 Å². The van der Waals surface area contributed by atoms with Crippen LogP contribution in [0.15, 0.2) is 4.79 Å². The number of ether oxygens (including phenoxy) is 1. The van der Waals surface area contributed by atoms with Crippen molar-refractivity contribution in [1.29, 1.82) is 0 Å². The van der Waals surface area contributed by atoms with Crippen LogP contribution in [0.4, 0.5) is 5.69 Å². The first kappa shape index (κ1) is 10.2. The highest BCUT2D eigenvalue weighted by Gasteiger charge is 2.08. The summed E-state index contributed by atoms with van der Waals surface area (Å²) in [6, 6.07) is 0.126. The smallest absolute Gasteiger partial charge is 0.296 e. The summed E-state index contributed by atoms with van der Waals surface area (Å²) < 4.78 is 4.76. The van der Waals surface area contributed by atoms with E-state index in [9.17, 15) is 9.59 Å². The lowest BCUT2D eigenvalue weighted by atomic mass is 10.3. The molecule has 0 aliphatic carbocycles. The van der Waals surface area contributed by atoms with Gasteiger partial charge in [-0.25, -0.2) is 0 Å². The molecule has 6 heteroatoms. The first-order valence-corrected chi connectivity index (χ1v) is 3.97. The number of anilines is 1. The molecule has 1 aromatic rings. The van der Waals surface area contributed by atoms with Crippen molar-refractivity contribution in [2.24, 2.45) is 0 Å². The van der Waals surface area contributed by atoms with Gasteiger partial charge in [-0.05, 0) is 6.92 Å². The SMILES string of the molecule is COc1nc(C)c(NC(C)=O)c(=O)[nH]1. The van der Waals surface area contributed by atoms with Gasteiger partial charge >= 0.3 is 0 Å². The monoisotopic (exact) mass is 197 g/mol. The summed E-state index contributed by atoms with van der Waals surface area (Å²) in [5.74, 6) is -0.314. The molecule has 14 heavy (non-hydrogen) atoms. The van der Waals surface area contributed by atoms with Crippen LogP contribution in [-0.2, 0) is 4.79 Å². The Morgan fingerprint density at radius 3 is 2.64 bits per heavy atom. The van der Waals surface area contributed by atoms with Crippen molar-refractivity contribution in [1.82, 2.24) is 9.97 Å². The molecule has 0 aromatic carbocycles. The molecule has 2 N–H and O–H groups in total. The minimum atomic E-state index is -0.426. The second-order valence-corrected chi connectivity index (χ2v) is 2.72. The first-order chi connectivity index (χ1) is 6.54. The highest BCUT2D eigenvalue weighted by molar-refractivity contribution is 5.88. The maximum atomic E-state index is 11.4. The molecular weight excluding hydrogens is 186 g/mol. The van der Waals surface area contributed by atoms with Crippen LogP contribution < -0.4 is 15.6 Å². The largest absolute Gasteiger partial charge is 0.468 e. The molecule has 0 atom stereocenters. The van der Waals surface area contributed by atoms with Crippen LogP contribution in [0.25, 0.3) is 0 Å². The fourth-order valence-corrected chi connectivity index (χ4v) is 0.980. The summed E-state index contributed by atoms with van der Waals surface area (Å²) in [6.07, 6.45) is 0. The van der Waals surface area contributed by atoms with Gasteiger partial charge in [0.2, 0.25) is 5.91 Å². The minimum absolute atomic E-state index is 0.126. The minimum Gasteiger partial charge on any atom is -0.468 e.